The van der Waals surface area contributed by atoms with Crippen LogP contribution in [0.25, 0.3) is 0 Å². The third-order valence-electron chi connectivity index (χ3n) is 5.70. The van der Waals surface area contributed by atoms with Gasteiger partial charge in [-0.25, -0.2) is 0 Å². The van der Waals surface area contributed by atoms with E-state index >= 15 is 0 Å². The highest BCUT2D eigenvalue weighted by molar-refractivity contribution is 5.94. The molecular weight excluding hydrogens is 330 g/mol. The Morgan fingerprint density at radius 3 is 2.73 bits per heavy atom. The van der Waals surface area contributed by atoms with Crippen molar-refractivity contribution in [3.8, 4) is 0 Å². The van der Waals surface area contributed by atoms with Crippen LogP contribution in [0, 0.1) is 11.3 Å². The van der Waals surface area contributed by atoms with Crippen molar-refractivity contribution < 1.29 is 9.59 Å². The molecule has 0 saturated carbocycles. The van der Waals surface area contributed by atoms with Crippen LogP contribution in [0.3, 0.4) is 0 Å². The molecule has 142 valence electrons. The summed E-state index contributed by atoms with van der Waals surface area (Å²) in [5.74, 6) is 0.789. The smallest absolute Gasteiger partial charge is 0.255 e. The van der Waals surface area contributed by atoms with Gasteiger partial charge in [0.05, 0.1) is 5.56 Å². The second kappa shape index (κ2) is 7.64. The van der Waals surface area contributed by atoms with Crippen LogP contribution in [-0.4, -0.2) is 52.8 Å². The molecule has 0 radical (unpaired) electrons. The maximum atomic E-state index is 12.8. The number of piperidine rings is 2. The van der Waals surface area contributed by atoms with E-state index in [9.17, 15) is 14.4 Å². The minimum absolute atomic E-state index is 0.0149. The van der Waals surface area contributed by atoms with Crippen LogP contribution in [0.5, 0.6) is 0 Å². The average molecular weight is 359 g/mol. The molecule has 2 aliphatic rings. The number of rotatable bonds is 4. The topological polar surface area (TPSA) is 73.5 Å². The number of aromatic amines is 1. The van der Waals surface area contributed by atoms with Crippen molar-refractivity contribution in [2.45, 2.75) is 46.0 Å². The van der Waals surface area contributed by atoms with Gasteiger partial charge in [0.15, 0.2) is 0 Å². The van der Waals surface area contributed by atoms with E-state index in [0.717, 1.165) is 45.3 Å². The normalized spacial score (nSPS) is 23.7. The molecule has 2 aliphatic heterocycles. The highest BCUT2D eigenvalue weighted by Crippen LogP contribution is 2.39. The molecule has 1 N–H and O–H groups in total. The first-order valence-corrected chi connectivity index (χ1v) is 9.64. The number of hydrogen-bond acceptors (Lipinski definition) is 3. The van der Waals surface area contributed by atoms with Gasteiger partial charge in [-0.2, -0.15) is 0 Å². The first kappa shape index (κ1) is 18.7. The maximum Gasteiger partial charge on any atom is 0.255 e. The van der Waals surface area contributed by atoms with Crippen LogP contribution in [0.1, 0.15) is 56.3 Å². The van der Waals surface area contributed by atoms with E-state index in [4.69, 9.17) is 0 Å². The fraction of sp³-hybridized carbons (Fsp3) is 0.650. The lowest BCUT2D eigenvalue weighted by molar-refractivity contribution is -0.139. The van der Waals surface area contributed by atoms with Crippen molar-refractivity contribution in [2.75, 3.05) is 26.2 Å². The predicted molar refractivity (Wildman–Crippen MR) is 99.9 cm³/mol. The molecule has 1 aromatic heterocycles. The molecule has 0 bridgehead atoms. The van der Waals surface area contributed by atoms with Crippen LogP contribution in [0.15, 0.2) is 23.1 Å². The largest absolute Gasteiger partial charge is 0.342 e. The number of nitrogens with zero attached hydrogens (tertiary/aromatic N) is 2. The molecule has 0 aromatic carbocycles. The summed E-state index contributed by atoms with van der Waals surface area (Å²) in [5.41, 5.74) is 0.328. The minimum atomic E-state index is -0.205. The molecule has 1 atom stereocenters. The molecule has 0 aliphatic carbocycles. The summed E-state index contributed by atoms with van der Waals surface area (Å²) in [6, 6.07) is 2.97. The molecule has 2 fully saturated rings. The Balaban J connectivity index is 1.70. The first-order chi connectivity index (χ1) is 12.4. The van der Waals surface area contributed by atoms with E-state index in [1.807, 2.05) is 9.80 Å². The van der Waals surface area contributed by atoms with Crippen LogP contribution >= 0.6 is 0 Å². The second-order valence-corrected chi connectivity index (χ2v) is 8.27. The van der Waals surface area contributed by atoms with Gasteiger partial charge >= 0.3 is 0 Å². The van der Waals surface area contributed by atoms with Crippen molar-refractivity contribution in [1.29, 1.82) is 0 Å². The number of aromatic nitrogens is 1. The van der Waals surface area contributed by atoms with Gasteiger partial charge in [0.25, 0.3) is 5.91 Å². The number of carbonyl (C=O) groups excluding carboxylic acids is 2. The molecule has 2 amide bonds. The van der Waals surface area contributed by atoms with Gasteiger partial charge in [0.2, 0.25) is 11.5 Å². The van der Waals surface area contributed by atoms with Gasteiger partial charge in [-0.1, -0.05) is 13.8 Å². The van der Waals surface area contributed by atoms with Crippen LogP contribution in [0.4, 0.5) is 0 Å². The highest BCUT2D eigenvalue weighted by Gasteiger charge is 2.42. The summed E-state index contributed by atoms with van der Waals surface area (Å²) in [6.07, 6.45) is 5.97. The Morgan fingerprint density at radius 2 is 2.04 bits per heavy atom. The van der Waals surface area contributed by atoms with Crippen molar-refractivity contribution >= 4 is 11.8 Å². The Hall–Kier alpha value is -2.11. The van der Waals surface area contributed by atoms with Crippen molar-refractivity contribution in [2.24, 2.45) is 11.3 Å². The molecular formula is C20H29N3O3. The first-order valence-electron chi connectivity index (χ1n) is 9.64. The summed E-state index contributed by atoms with van der Waals surface area (Å²) < 4.78 is 0. The van der Waals surface area contributed by atoms with Gasteiger partial charge < -0.3 is 14.8 Å². The SMILES string of the molecule is CC(C)CCN1C[C@@]2(CCCN(C(=O)c3ccc(=O)[nH]c3)C2)CCC1=O. The molecule has 6 heteroatoms. The summed E-state index contributed by atoms with van der Waals surface area (Å²) >= 11 is 0. The lowest BCUT2D eigenvalue weighted by atomic mass is 9.73. The summed E-state index contributed by atoms with van der Waals surface area (Å²) in [5, 5.41) is 0. The number of amides is 2. The monoisotopic (exact) mass is 359 g/mol. The molecule has 1 spiro atoms. The minimum Gasteiger partial charge on any atom is -0.342 e. The molecule has 1 aromatic rings. The fourth-order valence-corrected chi connectivity index (χ4v) is 4.16. The van der Waals surface area contributed by atoms with Crippen molar-refractivity contribution in [1.82, 2.24) is 14.8 Å². The van der Waals surface area contributed by atoms with E-state index in [1.165, 1.54) is 12.3 Å². The number of H-pyrrole nitrogens is 1. The van der Waals surface area contributed by atoms with Crippen molar-refractivity contribution in [3.05, 3.63) is 34.2 Å². The Kier molecular flexibility index (Phi) is 5.49. The fourth-order valence-electron chi connectivity index (χ4n) is 4.16. The highest BCUT2D eigenvalue weighted by atomic mass is 16.2. The Bertz CT molecular complexity index is 707. The van der Waals surface area contributed by atoms with Gasteiger partial charge in [0.1, 0.15) is 0 Å². The van der Waals surface area contributed by atoms with E-state index in [2.05, 4.69) is 18.8 Å². The van der Waals surface area contributed by atoms with Crippen LogP contribution in [-0.2, 0) is 4.79 Å². The lowest BCUT2D eigenvalue weighted by Gasteiger charge is -2.48. The Labute approximate surface area is 154 Å². The quantitative estimate of drug-likeness (QED) is 0.896. The van der Waals surface area contributed by atoms with Crippen LogP contribution < -0.4 is 5.56 Å². The van der Waals surface area contributed by atoms with Gasteiger partial charge in [-0.15, -0.1) is 0 Å². The molecule has 0 unspecified atom stereocenters. The summed E-state index contributed by atoms with van der Waals surface area (Å²) in [7, 11) is 0. The second-order valence-electron chi connectivity index (χ2n) is 8.27. The van der Waals surface area contributed by atoms with E-state index in [1.54, 1.807) is 6.07 Å². The van der Waals surface area contributed by atoms with E-state index in [0.29, 0.717) is 24.4 Å². The molecule has 3 heterocycles. The van der Waals surface area contributed by atoms with Gasteiger partial charge in [-0.3, -0.25) is 14.4 Å². The molecule has 6 nitrogen and oxygen atoms in total. The standard InChI is InChI=1S/C20H29N3O3/c1-15(2)7-11-22-13-20(9-6-18(22)25)8-3-10-23(14-20)19(26)16-4-5-17(24)21-12-16/h4-5,12,15H,3,6-11,13-14H2,1-2H3,(H,21,24)/t20-/m1/s1. The number of likely N-dealkylation sites (tertiary alicyclic amines) is 2. The van der Waals surface area contributed by atoms with Crippen LogP contribution in [0.2, 0.25) is 0 Å². The third kappa shape index (κ3) is 4.17. The zero-order valence-corrected chi connectivity index (χ0v) is 15.8. The zero-order valence-electron chi connectivity index (χ0n) is 15.8. The van der Waals surface area contributed by atoms with Gasteiger partial charge in [0, 0.05) is 50.3 Å². The summed E-state index contributed by atoms with van der Waals surface area (Å²) in [6.45, 7) is 7.35. The number of hydrogen-bond donors (Lipinski definition) is 1. The molecule has 26 heavy (non-hydrogen) atoms. The van der Waals surface area contributed by atoms with E-state index in [-0.39, 0.29) is 22.8 Å². The lowest BCUT2D eigenvalue weighted by Crippen LogP contribution is -2.55. The average Bonchev–Trinajstić information content (AvgIpc) is 2.63. The maximum absolute atomic E-state index is 12.8. The molecule has 3 rings (SSSR count). The number of pyridine rings is 1. The summed E-state index contributed by atoms with van der Waals surface area (Å²) in [4.78, 5) is 42.8. The Morgan fingerprint density at radius 1 is 1.23 bits per heavy atom. The van der Waals surface area contributed by atoms with Gasteiger partial charge in [-0.05, 0) is 37.7 Å². The molecule has 2 saturated heterocycles. The van der Waals surface area contributed by atoms with Crippen molar-refractivity contribution in [3.63, 3.8) is 0 Å². The predicted octanol–water partition coefficient (Wildman–Crippen LogP) is 2.27. The third-order valence-corrected chi connectivity index (χ3v) is 5.70. The van der Waals surface area contributed by atoms with E-state index < -0.39 is 0 Å². The number of carbonyl (C=O) groups is 2. The number of nitrogens with one attached hydrogen (secondary N) is 1. The zero-order chi connectivity index (χ0) is 18.7.